The number of nitrogens with one attached hydrogen (secondary N) is 1. The third-order valence-corrected chi connectivity index (χ3v) is 3.45. The van der Waals surface area contributed by atoms with Crippen LogP contribution in [-0.4, -0.2) is 21.4 Å². The second kappa shape index (κ2) is 4.70. The van der Waals surface area contributed by atoms with Crippen LogP contribution in [0.4, 0.5) is 5.82 Å². The number of hydrogen-bond acceptors (Lipinski definition) is 4. The number of anilines is 1. The molecule has 1 heterocycles. The standard InChI is InChI=1S/C11H17BrN4O/c1-10(2,11(3,4)13)9(17)16-8-6-14-7(12)5-15-8/h5-6H,13H2,1-4H3,(H,15,16,17). The maximum Gasteiger partial charge on any atom is 0.233 e. The predicted molar refractivity (Wildman–Crippen MR) is 70.4 cm³/mol. The van der Waals surface area contributed by atoms with E-state index in [1.165, 1.54) is 12.4 Å². The number of amides is 1. The molecule has 0 aliphatic carbocycles. The SMILES string of the molecule is CC(C)(N)C(C)(C)C(=O)Nc1cnc(Br)cn1. The lowest BCUT2D eigenvalue weighted by molar-refractivity contribution is -0.126. The zero-order valence-electron chi connectivity index (χ0n) is 10.4. The van der Waals surface area contributed by atoms with Gasteiger partial charge >= 0.3 is 0 Å². The van der Waals surface area contributed by atoms with Gasteiger partial charge in [0.25, 0.3) is 0 Å². The molecule has 0 unspecified atom stereocenters. The molecule has 1 aromatic rings. The number of halogens is 1. The van der Waals surface area contributed by atoms with Crippen molar-refractivity contribution in [2.24, 2.45) is 11.1 Å². The first kappa shape index (κ1) is 14.1. The molecule has 0 radical (unpaired) electrons. The quantitative estimate of drug-likeness (QED) is 0.894. The van der Waals surface area contributed by atoms with Gasteiger partial charge in [0, 0.05) is 5.54 Å². The first-order valence-corrected chi connectivity index (χ1v) is 6.02. The highest BCUT2D eigenvalue weighted by molar-refractivity contribution is 9.10. The lowest BCUT2D eigenvalue weighted by Crippen LogP contribution is -2.53. The lowest BCUT2D eigenvalue weighted by Gasteiger charge is -2.36. The molecule has 0 spiro atoms. The van der Waals surface area contributed by atoms with Crippen molar-refractivity contribution in [2.45, 2.75) is 33.2 Å². The van der Waals surface area contributed by atoms with Gasteiger partial charge in [-0.1, -0.05) is 0 Å². The van der Waals surface area contributed by atoms with Crippen LogP contribution in [0.2, 0.25) is 0 Å². The summed E-state index contributed by atoms with van der Waals surface area (Å²) in [6.07, 6.45) is 3.01. The van der Waals surface area contributed by atoms with Crippen LogP contribution in [0.5, 0.6) is 0 Å². The number of nitrogens with zero attached hydrogens (tertiary/aromatic N) is 2. The molecule has 0 fully saturated rings. The number of carbonyl (C=O) groups excluding carboxylic acids is 1. The van der Waals surface area contributed by atoms with Gasteiger partial charge in [0.2, 0.25) is 5.91 Å². The van der Waals surface area contributed by atoms with E-state index in [9.17, 15) is 4.79 Å². The van der Waals surface area contributed by atoms with Crippen LogP contribution in [0.25, 0.3) is 0 Å². The highest BCUT2D eigenvalue weighted by Crippen LogP contribution is 2.29. The molecule has 94 valence electrons. The van der Waals surface area contributed by atoms with Crippen molar-refractivity contribution < 1.29 is 4.79 Å². The Morgan fingerprint density at radius 3 is 2.29 bits per heavy atom. The van der Waals surface area contributed by atoms with Crippen molar-refractivity contribution in [1.82, 2.24) is 9.97 Å². The van der Waals surface area contributed by atoms with E-state index in [0.717, 1.165) is 0 Å². The van der Waals surface area contributed by atoms with Crippen LogP contribution >= 0.6 is 15.9 Å². The Balaban J connectivity index is 2.83. The number of aromatic nitrogens is 2. The Morgan fingerprint density at radius 1 is 1.29 bits per heavy atom. The summed E-state index contributed by atoms with van der Waals surface area (Å²) in [5, 5.41) is 2.70. The average Bonchev–Trinajstić information content (AvgIpc) is 2.19. The fourth-order valence-electron chi connectivity index (χ4n) is 0.942. The summed E-state index contributed by atoms with van der Waals surface area (Å²) in [7, 11) is 0. The topological polar surface area (TPSA) is 80.9 Å². The highest BCUT2D eigenvalue weighted by Gasteiger charge is 2.40. The van der Waals surface area contributed by atoms with E-state index in [2.05, 4.69) is 31.2 Å². The summed E-state index contributed by atoms with van der Waals surface area (Å²) in [6.45, 7) is 7.24. The first-order chi connectivity index (χ1) is 7.64. The summed E-state index contributed by atoms with van der Waals surface area (Å²) in [4.78, 5) is 20.1. The van der Waals surface area contributed by atoms with Gasteiger partial charge in [0.15, 0.2) is 5.82 Å². The Labute approximate surface area is 109 Å². The Morgan fingerprint density at radius 2 is 1.88 bits per heavy atom. The fraction of sp³-hybridized carbons (Fsp3) is 0.545. The second-order valence-corrected chi connectivity index (χ2v) is 5.84. The number of hydrogen-bond donors (Lipinski definition) is 2. The van der Waals surface area contributed by atoms with E-state index in [4.69, 9.17) is 5.73 Å². The smallest absolute Gasteiger partial charge is 0.233 e. The van der Waals surface area contributed by atoms with Crippen LogP contribution in [-0.2, 0) is 4.79 Å². The largest absolute Gasteiger partial charge is 0.325 e. The lowest BCUT2D eigenvalue weighted by atomic mass is 9.74. The van der Waals surface area contributed by atoms with Crippen LogP contribution in [0, 0.1) is 5.41 Å². The summed E-state index contributed by atoms with van der Waals surface area (Å²) >= 11 is 3.18. The number of nitrogens with two attached hydrogens (primary N) is 1. The molecule has 17 heavy (non-hydrogen) atoms. The molecule has 0 saturated carbocycles. The maximum absolute atomic E-state index is 12.1. The van der Waals surface area contributed by atoms with Crippen LogP contribution in [0.15, 0.2) is 17.0 Å². The maximum atomic E-state index is 12.1. The minimum Gasteiger partial charge on any atom is -0.325 e. The van der Waals surface area contributed by atoms with Crippen molar-refractivity contribution in [3.05, 3.63) is 17.0 Å². The summed E-state index contributed by atoms with van der Waals surface area (Å²) in [6, 6.07) is 0. The molecule has 1 amide bonds. The second-order valence-electron chi connectivity index (χ2n) is 5.03. The fourth-order valence-corrected chi connectivity index (χ4v) is 1.15. The van der Waals surface area contributed by atoms with Crippen molar-refractivity contribution in [3.8, 4) is 0 Å². The van der Waals surface area contributed by atoms with Crippen LogP contribution in [0.3, 0.4) is 0 Å². The number of carbonyl (C=O) groups is 1. The van der Waals surface area contributed by atoms with Crippen LogP contribution in [0.1, 0.15) is 27.7 Å². The van der Waals surface area contributed by atoms with Gasteiger partial charge in [-0.05, 0) is 43.6 Å². The first-order valence-electron chi connectivity index (χ1n) is 5.22. The van der Waals surface area contributed by atoms with Gasteiger partial charge in [0.05, 0.1) is 17.8 Å². The Bertz CT molecular complexity index is 408. The highest BCUT2D eigenvalue weighted by atomic mass is 79.9. The minimum absolute atomic E-state index is 0.179. The van der Waals surface area contributed by atoms with E-state index < -0.39 is 11.0 Å². The molecule has 0 saturated heterocycles. The monoisotopic (exact) mass is 300 g/mol. The van der Waals surface area contributed by atoms with Crippen molar-refractivity contribution in [1.29, 1.82) is 0 Å². The normalized spacial score (nSPS) is 12.4. The molecule has 0 bridgehead atoms. The molecule has 0 aliphatic rings. The van der Waals surface area contributed by atoms with Crippen molar-refractivity contribution in [2.75, 3.05) is 5.32 Å². The molecular formula is C11H17BrN4O. The molecule has 3 N–H and O–H groups in total. The van der Waals surface area contributed by atoms with Gasteiger partial charge in [0.1, 0.15) is 4.60 Å². The third kappa shape index (κ3) is 3.23. The Kier molecular flexibility index (Phi) is 3.88. The van der Waals surface area contributed by atoms with Gasteiger partial charge in [-0.15, -0.1) is 0 Å². The summed E-state index contributed by atoms with van der Waals surface area (Å²) in [5.41, 5.74) is 4.66. The molecule has 0 aliphatic heterocycles. The van der Waals surface area contributed by atoms with E-state index in [1.54, 1.807) is 13.8 Å². The minimum atomic E-state index is -0.707. The zero-order valence-corrected chi connectivity index (χ0v) is 12.0. The average molecular weight is 301 g/mol. The summed E-state index contributed by atoms with van der Waals surface area (Å²) < 4.78 is 0.619. The molecule has 0 aromatic carbocycles. The van der Waals surface area contributed by atoms with Gasteiger partial charge in [-0.2, -0.15) is 0 Å². The van der Waals surface area contributed by atoms with Crippen molar-refractivity contribution >= 4 is 27.7 Å². The molecule has 6 heteroatoms. The van der Waals surface area contributed by atoms with E-state index in [0.29, 0.717) is 10.4 Å². The van der Waals surface area contributed by atoms with Crippen LogP contribution < -0.4 is 11.1 Å². The number of rotatable bonds is 3. The molecule has 5 nitrogen and oxygen atoms in total. The van der Waals surface area contributed by atoms with Gasteiger partial charge in [-0.3, -0.25) is 4.79 Å². The van der Waals surface area contributed by atoms with E-state index >= 15 is 0 Å². The molecule has 0 atom stereocenters. The summed E-state index contributed by atoms with van der Waals surface area (Å²) in [5.74, 6) is 0.233. The van der Waals surface area contributed by atoms with E-state index in [1.807, 2.05) is 13.8 Å². The molecular weight excluding hydrogens is 284 g/mol. The zero-order chi connectivity index (χ0) is 13.3. The third-order valence-electron chi connectivity index (χ3n) is 3.04. The van der Waals surface area contributed by atoms with E-state index in [-0.39, 0.29) is 5.91 Å². The molecule has 1 rings (SSSR count). The van der Waals surface area contributed by atoms with Crippen molar-refractivity contribution in [3.63, 3.8) is 0 Å². The predicted octanol–water partition coefficient (Wildman–Crippen LogP) is 1.94. The van der Waals surface area contributed by atoms with Gasteiger partial charge < -0.3 is 11.1 Å². The van der Waals surface area contributed by atoms with Gasteiger partial charge in [-0.25, -0.2) is 9.97 Å². The Hall–Kier alpha value is -1.01. The molecule has 1 aromatic heterocycles.